The fourth-order valence-electron chi connectivity index (χ4n) is 5.63. The number of benzene rings is 2. The maximum absolute atomic E-state index is 13.6. The van der Waals surface area contributed by atoms with E-state index in [1.165, 1.54) is 21.6 Å². The Morgan fingerprint density at radius 3 is 2.39 bits per heavy atom. The molecular formula is C29H32N4O7S. The third-order valence-electron chi connectivity index (χ3n) is 7.65. The molecule has 0 spiro atoms. The third-order valence-corrected chi connectivity index (χ3v) is 9.22. The standard InChI is InChI=1S/C29H32N4O7S/c1-29(2)22(27(37)38)33-25(36)21(26(33)41-29)31-24(35)20(18-12-7-4-8-13-18)30-23(34)19-14-9-15-32(19)28(39)40-16-17-10-5-3-6-11-17/h3-8,10-13,19-22,26H,9,14-16H2,1-2H3,(H,30,34)(H,31,35)(H,37,38)/t19-,20?,21-,22+,26-/m1/s1. The van der Waals surface area contributed by atoms with Crippen LogP contribution in [0.2, 0.25) is 0 Å². The van der Waals surface area contributed by atoms with E-state index in [-0.39, 0.29) is 6.61 Å². The molecule has 11 nitrogen and oxygen atoms in total. The number of carbonyl (C=O) groups is 5. The zero-order chi connectivity index (χ0) is 29.3. The molecule has 216 valence electrons. The lowest BCUT2D eigenvalue weighted by Gasteiger charge is -2.44. The van der Waals surface area contributed by atoms with Crippen LogP contribution in [0.25, 0.3) is 0 Å². The number of amides is 4. The molecule has 2 aromatic carbocycles. The maximum Gasteiger partial charge on any atom is 0.410 e. The molecule has 2 aromatic rings. The van der Waals surface area contributed by atoms with Crippen LogP contribution in [0.3, 0.4) is 0 Å². The number of nitrogens with one attached hydrogen (secondary N) is 2. The summed E-state index contributed by atoms with van der Waals surface area (Å²) in [5.74, 6) is -2.68. The quantitative estimate of drug-likeness (QED) is 0.404. The number of ether oxygens (including phenoxy) is 1. The van der Waals surface area contributed by atoms with Gasteiger partial charge in [0.25, 0.3) is 0 Å². The Labute approximate surface area is 241 Å². The molecule has 0 bridgehead atoms. The van der Waals surface area contributed by atoms with E-state index in [9.17, 15) is 29.1 Å². The lowest BCUT2D eigenvalue weighted by Crippen LogP contribution is -2.71. The minimum atomic E-state index is -1.14. The van der Waals surface area contributed by atoms with Crippen LogP contribution >= 0.6 is 11.8 Å². The monoisotopic (exact) mass is 580 g/mol. The average molecular weight is 581 g/mol. The molecule has 3 fully saturated rings. The van der Waals surface area contributed by atoms with Crippen molar-refractivity contribution in [3.05, 3.63) is 71.8 Å². The SMILES string of the molecule is CC1(C)S[C@@H]2[C@H](NC(=O)C(NC(=O)[C@H]3CCCN3C(=O)OCc3ccccc3)c3ccccc3)C(=O)N2[C@H]1C(=O)O. The van der Waals surface area contributed by atoms with Crippen LogP contribution in [0.1, 0.15) is 43.9 Å². The summed E-state index contributed by atoms with van der Waals surface area (Å²) in [6.45, 7) is 3.93. The molecule has 0 aromatic heterocycles. The number of likely N-dealkylation sites (tertiary alicyclic amines) is 1. The molecule has 1 unspecified atom stereocenters. The third kappa shape index (κ3) is 5.61. The molecule has 3 aliphatic heterocycles. The van der Waals surface area contributed by atoms with E-state index >= 15 is 0 Å². The Morgan fingerprint density at radius 2 is 1.73 bits per heavy atom. The molecule has 3 aliphatic rings. The number of aliphatic carboxylic acids is 1. The number of thioether (sulfide) groups is 1. The number of hydrogen-bond acceptors (Lipinski definition) is 7. The second kappa shape index (κ2) is 11.4. The Balaban J connectivity index is 1.27. The summed E-state index contributed by atoms with van der Waals surface area (Å²) < 4.78 is 4.70. The van der Waals surface area contributed by atoms with Gasteiger partial charge in [0.15, 0.2) is 0 Å². The van der Waals surface area contributed by atoms with Crippen LogP contribution in [-0.2, 0) is 30.5 Å². The fourth-order valence-corrected chi connectivity index (χ4v) is 7.25. The van der Waals surface area contributed by atoms with Gasteiger partial charge in [0.05, 0.1) is 0 Å². The van der Waals surface area contributed by atoms with Gasteiger partial charge in [-0.25, -0.2) is 9.59 Å². The zero-order valence-electron chi connectivity index (χ0n) is 22.7. The van der Waals surface area contributed by atoms with Crippen LogP contribution in [0, 0.1) is 0 Å². The van der Waals surface area contributed by atoms with Gasteiger partial charge >= 0.3 is 12.1 Å². The lowest BCUT2D eigenvalue weighted by atomic mass is 9.95. The number of fused-ring (bicyclic) bond motifs is 1. The van der Waals surface area contributed by atoms with Gasteiger partial charge in [-0.2, -0.15) is 0 Å². The molecule has 5 atom stereocenters. The number of carboxylic acids is 1. The summed E-state index contributed by atoms with van der Waals surface area (Å²) in [5, 5.41) is 14.7. The zero-order valence-corrected chi connectivity index (χ0v) is 23.5. The van der Waals surface area contributed by atoms with Crippen LogP contribution in [0.5, 0.6) is 0 Å². The van der Waals surface area contributed by atoms with E-state index in [0.29, 0.717) is 24.9 Å². The minimum absolute atomic E-state index is 0.0741. The highest BCUT2D eigenvalue weighted by molar-refractivity contribution is 8.01. The first-order valence-corrected chi connectivity index (χ1v) is 14.3. The highest BCUT2D eigenvalue weighted by Gasteiger charge is 2.64. The topological polar surface area (TPSA) is 145 Å². The highest BCUT2D eigenvalue weighted by Crippen LogP contribution is 2.50. The predicted octanol–water partition coefficient (Wildman–Crippen LogP) is 2.28. The van der Waals surface area contributed by atoms with Gasteiger partial charge in [0, 0.05) is 11.3 Å². The van der Waals surface area contributed by atoms with Crippen LogP contribution in [-0.4, -0.2) is 79.5 Å². The van der Waals surface area contributed by atoms with E-state index in [2.05, 4.69) is 10.6 Å². The van der Waals surface area contributed by atoms with E-state index in [4.69, 9.17) is 4.74 Å². The van der Waals surface area contributed by atoms with Crippen molar-refractivity contribution in [1.29, 1.82) is 0 Å². The van der Waals surface area contributed by atoms with Crippen LogP contribution in [0.15, 0.2) is 60.7 Å². The number of hydrogen-bond donors (Lipinski definition) is 3. The second-order valence-electron chi connectivity index (χ2n) is 10.8. The van der Waals surface area contributed by atoms with E-state index in [0.717, 1.165) is 5.56 Å². The first kappa shape index (κ1) is 28.5. The predicted molar refractivity (Wildman–Crippen MR) is 149 cm³/mol. The lowest BCUT2D eigenvalue weighted by molar-refractivity contribution is -0.161. The maximum atomic E-state index is 13.6. The molecule has 0 saturated carbocycles. The van der Waals surface area contributed by atoms with Crippen LogP contribution in [0.4, 0.5) is 4.79 Å². The summed E-state index contributed by atoms with van der Waals surface area (Å²) in [6, 6.07) is 14.0. The second-order valence-corrected chi connectivity index (χ2v) is 12.6. The Bertz CT molecular complexity index is 1340. The summed E-state index contributed by atoms with van der Waals surface area (Å²) in [6.07, 6.45) is 0.406. The molecule has 12 heteroatoms. The Hall–Kier alpha value is -4.06. The number of carboxylic acid groups (broad SMARTS) is 1. The van der Waals surface area contributed by atoms with Gasteiger partial charge in [-0.1, -0.05) is 60.7 Å². The van der Waals surface area contributed by atoms with Crippen LogP contribution < -0.4 is 10.6 Å². The molecule has 3 N–H and O–H groups in total. The van der Waals surface area contributed by atoms with Gasteiger partial charge in [-0.05, 0) is 37.8 Å². The van der Waals surface area contributed by atoms with Crippen molar-refractivity contribution in [2.75, 3.05) is 6.54 Å². The van der Waals surface area contributed by atoms with Crippen molar-refractivity contribution in [3.8, 4) is 0 Å². The molecule has 3 heterocycles. The summed E-state index contributed by atoms with van der Waals surface area (Å²) in [5.41, 5.74) is 1.32. The van der Waals surface area contributed by atoms with Gasteiger partial charge in [0.1, 0.15) is 36.1 Å². The normalized spacial score (nSPS) is 25.1. The number of nitrogens with zero attached hydrogens (tertiary/aromatic N) is 2. The van der Waals surface area contributed by atoms with Crippen molar-refractivity contribution in [2.45, 2.75) is 67.6 Å². The average Bonchev–Trinajstić information content (AvgIpc) is 3.55. The number of rotatable bonds is 8. The Kier molecular flexibility index (Phi) is 7.94. The molecule has 41 heavy (non-hydrogen) atoms. The van der Waals surface area contributed by atoms with E-state index in [1.54, 1.807) is 44.2 Å². The van der Waals surface area contributed by atoms with E-state index < -0.39 is 64.1 Å². The van der Waals surface area contributed by atoms with Gasteiger partial charge < -0.3 is 25.4 Å². The largest absolute Gasteiger partial charge is 0.480 e. The molecule has 0 aliphatic carbocycles. The first-order valence-electron chi connectivity index (χ1n) is 13.4. The smallest absolute Gasteiger partial charge is 0.410 e. The van der Waals surface area contributed by atoms with Crippen molar-refractivity contribution < 1.29 is 33.8 Å². The Morgan fingerprint density at radius 1 is 1.07 bits per heavy atom. The number of carbonyl (C=O) groups excluding carboxylic acids is 4. The molecule has 4 amide bonds. The van der Waals surface area contributed by atoms with Crippen molar-refractivity contribution in [3.63, 3.8) is 0 Å². The van der Waals surface area contributed by atoms with Crippen molar-refractivity contribution in [2.24, 2.45) is 0 Å². The molecular weight excluding hydrogens is 548 g/mol. The summed E-state index contributed by atoms with van der Waals surface area (Å²) in [4.78, 5) is 67.3. The molecule has 3 saturated heterocycles. The molecule has 0 radical (unpaired) electrons. The van der Waals surface area contributed by atoms with Gasteiger partial charge in [-0.3, -0.25) is 19.3 Å². The number of β-lactam (4-membered cyclic amide) rings is 1. The van der Waals surface area contributed by atoms with Gasteiger partial charge in [-0.15, -0.1) is 11.8 Å². The minimum Gasteiger partial charge on any atom is -0.480 e. The van der Waals surface area contributed by atoms with Gasteiger partial charge in [0.2, 0.25) is 17.7 Å². The molecule has 5 rings (SSSR count). The van der Waals surface area contributed by atoms with Crippen molar-refractivity contribution >= 4 is 41.5 Å². The van der Waals surface area contributed by atoms with E-state index in [1.807, 2.05) is 30.3 Å². The summed E-state index contributed by atoms with van der Waals surface area (Å²) >= 11 is 1.32. The highest BCUT2D eigenvalue weighted by atomic mass is 32.2. The summed E-state index contributed by atoms with van der Waals surface area (Å²) in [7, 11) is 0. The first-order chi connectivity index (χ1) is 19.6. The fraction of sp³-hybridized carbons (Fsp3) is 0.414. The van der Waals surface area contributed by atoms with Crippen molar-refractivity contribution in [1.82, 2.24) is 20.4 Å².